The van der Waals surface area contributed by atoms with E-state index >= 15 is 0 Å². The van der Waals surface area contributed by atoms with Gasteiger partial charge in [-0.15, -0.1) is 0 Å². The number of carbonyl (C=O) groups excluding carboxylic acids is 5. The van der Waals surface area contributed by atoms with Crippen molar-refractivity contribution in [1.82, 2.24) is 15.5 Å². The summed E-state index contributed by atoms with van der Waals surface area (Å²) in [5.41, 5.74) is 1.40. The number of carbonyl (C=O) groups is 5. The van der Waals surface area contributed by atoms with E-state index in [2.05, 4.69) is 16.0 Å². The number of fused-ring (bicyclic) bond motifs is 1. The second-order valence-corrected chi connectivity index (χ2v) is 7.18. The zero-order chi connectivity index (χ0) is 22.1. The Labute approximate surface area is 176 Å². The standard InChI is InChI=1S/C21H18N4O6/c26-13-4-2-12(3-5-13)23-21(31)22-10-11-1-6-14-15(9-11)20(30)25(19(14)29)16-7-8-17(27)24-18(16)28/h1-6,9,16,26H,7-8,10H2,(H2,22,23,31)(H,24,27,28). The van der Waals surface area contributed by atoms with Crippen molar-refractivity contribution in [1.29, 1.82) is 0 Å². The lowest BCUT2D eigenvalue weighted by molar-refractivity contribution is -0.136. The molecule has 158 valence electrons. The molecule has 0 spiro atoms. The Morgan fingerprint density at radius 3 is 2.45 bits per heavy atom. The molecule has 2 heterocycles. The summed E-state index contributed by atoms with van der Waals surface area (Å²) < 4.78 is 0. The van der Waals surface area contributed by atoms with Crippen LogP contribution in [0.4, 0.5) is 10.5 Å². The highest BCUT2D eigenvalue weighted by Gasteiger charge is 2.44. The molecule has 1 unspecified atom stereocenters. The maximum Gasteiger partial charge on any atom is 0.319 e. The Balaban J connectivity index is 1.43. The number of hydrogen-bond donors (Lipinski definition) is 4. The van der Waals surface area contributed by atoms with Crippen LogP contribution in [0.5, 0.6) is 5.75 Å². The van der Waals surface area contributed by atoms with Gasteiger partial charge in [-0.25, -0.2) is 4.79 Å². The first kappa shape index (κ1) is 20.1. The minimum absolute atomic E-state index is 0.0507. The van der Waals surface area contributed by atoms with Gasteiger partial charge in [0.2, 0.25) is 11.8 Å². The highest BCUT2D eigenvalue weighted by Crippen LogP contribution is 2.28. The van der Waals surface area contributed by atoms with Crippen LogP contribution in [0.15, 0.2) is 42.5 Å². The van der Waals surface area contributed by atoms with Gasteiger partial charge < -0.3 is 15.7 Å². The Morgan fingerprint density at radius 2 is 1.74 bits per heavy atom. The number of benzene rings is 2. The van der Waals surface area contributed by atoms with Crippen LogP contribution in [0.1, 0.15) is 39.1 Å². The Hall–Kier alpha value is -4.21. The van der Waals surface area contributed by atoms with Crippen molar-refractivity contribution >= 4 is 35.3 Å². The molecule has 2 aromatic rings. The minimum atomic E-state index is -1.03. The SMILES string of the molecule is O=C1CCC(N2C(=O)c3ccc(CNC(=O)Nc4ccc(O)cc4)cc3C2=O)C(=O)N1. The average Bonchev–Trinajstić information content (AvgIpc) is 2.98. The fraction of sp³-hybridized carbons (Fsp3) is 0.190. The van der Waals surface area contributed by atoms with E-state index in [9.17, 15) is 29.1 Å². The third-order valence-electron chi connectivity index (χ3n) is 5.08. The molecule has 1 atom stereocenters. The number of piperidine rings is 1. The van der Waals surface area contributed by atoms with E-state index in [1.807, 2.05) is 0 Å². The summed E-state index contributed by atoms with van der Waals surface area (Å²) >= 11 is 0. The van der Waals surface area contributed by atoms with Crippen LogP contribution in [0.2, 0.25) is 0 Å². The highest BCUT2D eigenvalue weighted by molar-refractivity contribution is 6.23. The van der Waals surface area contributed by atoms with Gasteiger partial charge in [-0.2, -0.15) is 0 Å². The topological polar surface area (TPSA) is 145 Å². The second-order valence-electron chi connectivity index (χ2n) is 7.18. The molecular weight excluding hydrogens is 404 g/mol. The monoisotopic (exact) mass is 422 g/mol. The van der Waals surface area contributed by atoms with E-state index in [-0.39, 0.29) is 36.3 Å². The number of anilines is 1. The second kappa shape index (κ2) is 7.90. The minimum Gasteiger partial charge on any atom is -0.508 e. The molecule has 0 bridgehead atoms. The van der Waals surface area contributed by atoms with Crippen molar-refractivity contribution in [3.8, 4) is 5.75 Å². The number of phenolic OH excluding ortho intramolecular Hbond substituents is 1. The summed E-state index contributed by atoms with van der Waals surface area (Å²) in [6.45, 7) is 0.0943. The van der Waals surface area contributed by atoms with E-state index in [0.29, 0.717) is 11.3 Å². The van der Waals surface area contributed by atoms with Crippen LogP contribution in [0.25, 0.3) is 0 Å². The molecule has 2 aromatic carbocycles. The molecule has 10 nitrogen and oxygen atoms in total. The molecule has 2 aliphatic heterocycles. The molecule has 0 aromatic heterocycles. The largest absolute Gasteiger partial charge is 0.508 e. The molecule has 1 fully saturated rings. The molecule has 6 amide bonds. The van der Waals surface area contributed by atoms with Crippen molar-refractivity contribution in [2.75, 3.05) is 5.32 Å². The van der Waals surface area contributed by atoms with Gasteiger partial charge >= 0.3 is 6.03 Å². The number of urea groups is 1. The first-order valence-electron chi connectivity index (χ1n) is 9.52. The number of nitrogens with one attached hydrogen (secondary N) is 3. The van der Waals surface area contributed by atoms with Gasteiger partial charge in [-0.05, 0) is 48.4 Å². The van der Waals surface area contributed by atoms with Gasteiger partial charge in [0, 0.05) is 18.7 Å². The summed E-state index contributed by atoms with van der Waals surface area (Å²) in [4.78, 5) is 61.9. The van der Waals surface area contributed by atoms with Crippen molar-refractivity contribution in [2.24, 2.45) is 0 Å². The number of nitrogens with zero attached hydrogens (tertiary/aromatic N) is 1. The number of amides is 6. The molecule has 10 heteroatoms. The molecule has 2 aliphatic rings. The zero-order valence-corrected chi connectivity index (χ0v) is 16.2. The number of rotatable bonds is 4. The van der Waals surface area contributed by atoms with Crippen LogP contribution >= 0.6 is 0 Å². The molecule has 31 heavy (non-hydrogen) atoms. The fourth-order valence-corrected chi connectivity index (χ4v) is 3.53. The molecule has 0 aliphatic carbocycles. The quantitative estimate of drug-likeness (QED) is 0.429. The molecule has 4 rings (SSSR count). The molecule has 0 radical (unpaired) electrons. The molecular formula is C21H18N4O6. The van der Waals surface area contributed by atoms with Crippen LogP contribution in [-0.4, -0.2) is 45.7 Å². The number of aromatic hydroxyl groups is 1. The van der Waals surface area contributed by atoms with Crippen molar-refractivity contribution < 1.29 is 29.1 Å². The van der Waals surface area contributed by atoms with E-state index in [1.165, 1.54) is 36.4 Å². The van der Waals surface area contributed by atoms with Gasteiger partial charge in [0.05, 0.1) is 11.1 Å². The van der Waals surface area contributed by atoms with Crippen molar-refractivity contribution in [2.45, 2.75) is 25.4 Å². The molecule has 0 saturated carbocycles. The first-order chi connectivity index (χ1) is 14.8. The zero-order valence-electron chi connectivity index (χ0n) is 16.2. The Bertz CT molecular complexity index is 1110. The lowest BCUT2D eigenvalue weighted by Gasteiger charge is -2.27. The van der Waals surface area contributed by atoms with Gasteiger partial charge in [0.1, 0.15) is 11.8 Å². The first-order valence-corrected chi connectivity index (χ1v) is 9.52. The van der Waals surface area contributed by atoms with Gasteiger partial charge in [0.15, 0.2) is 0 Å². The summed E-state index contributed by atoms with van der Waals surface area (Å²) in [6.07, 6.45) is 0.136. The Morgan fingerprint density at radius 1 is 1.03 bits per heavy atom. The summed E-state index contributed by atoms with van der Waals surface area (Å²) in [5, 5.41) is 16.7. The van der Waals surface area contributed by atoms with Gasteiger partial charge in [-0.3, -0.25) is 29.4 Å². The number of phenols is 1. The van der Waals surface area contributed by atoms with Gasteiger partial charge in [0.25, 0.3) is 11.8 Å². The summed E-state index contributed by atoms with van der Waals surface area (Å²) in [7, 11) is 0. The third-order valence-corrected chi connectivity index (χ3v) is 5.08. The number of hydrogen-bond acceptors (Lipinski definition) is 6. The molecule has 4 N–H and O–H groups in total. The number of imide groups is 2. The summed E-state index contributed by atoms with van der Waals surface area (Å²) in [5.74, 6) is -2.21. The van der Waals surface area contributed by atoms with E-state index in [1.54, 1.807) is 6.07 Å². The van der Waals surface area contributed by atoms with Crippen LogP contribution < -0.4 is 16.0 Å². The van der Waals surface area contributed by atoms with E-state index in [4.69, 9.17) is 0 Å². The van der Waals surface area contributed by atoms with Crippen LogP contribution in [0.3, 0.4) is 0 Å². The lowest BCUT2D eigenvalue weighted by atomic mass is 10.0. The summed E-state index contributed by atoms with van der Waals surface area (Å²) in [6, 6.07) is 9.04. The Kier molecular flexibility index (Phi) is 5.12. The van der Waals surface area contributed by atoms with Crippen molar-refractivity contribution in [3.05, 3.63) is 59.2 Å². The van der Waals surface area contributed by atoms with Crippen LogP contribution in [-0.2, 0) is 16.1 Å². The van der Waals surface area contributed by atoms with Gasteiger partial charge in [-0.1, -0.05) is 6.07 Å². The lowest BCUT2D eigenvalue weighted by Crippen LogP contribution is -2.54. The molecule has 1 saturated heterocycles. The van der Waals surface area contributed by atoms with Crippen LogP contribution in [0, 0.1) is 0 Å². The maximum atomic E-state index is 12.8. The average molecular weight is 422 g/mol. The normalized spacial score (nSPS) is 17.9. The fourth-order valence-electron chi connectivity index (χ4n) is 3.53. The smallest absolute Gasteiger partial charge is 0.319 e. The third kappa shape index (κ3) is 3.95. The van der Waals surface area contributed by atoms with E-state index < -0.39 is 35.7 Å². The predicted molar refractivity (Wildman–Crippen MR) is 107 cm³/mol. The van der Waals surface area contributed by atoms with E-state index in [0.717, 1.165) is 4.90 Å². The highest BCUT2D eigenvalue weighted by atomic mass is 16.3. The maximum absolute atomic E-state index is 12.8. The van der Waals surface area contributed by atoms with Crippen molar-refractivity contribution in [3.63, 3.8) is 0 Å². The predicted octanol–water partition coefficient (Wildman–Crippen LogP) is 1.12.